The number of thiazole rings is 1. The molecule has 2 heterocycles. The van der Waals surface area contributed by atoms with E-state index >= 15 is 0 Å². The van der Waals surface area contributed by atoms with Crippen molar-refractivity contribution in [2.24, 2.45) is 4.99 Å². The molecule has 0 spiro atoms. The lowest BCUT2D eigenvalue weighted by molar-refractivity contribution is -0.129. The summed E-state index contributed by atoms with van der Waals surface area (Å²) in [6.45, 7) is 0. The first-order valence-corrected chi connectivity index (χ1v) is 7.21. The Balaban J connectivity index is 2.00. The van der Waals surface area contributed by atoms with E-state index in [0.29, 0.717) is 4.88 Å². The number of esters is 1. The summed E-state index contributed by atoms with van der Waals surface area (Å²) in [5.41, 5.74) is 0.123. The van der Waals surface area contributed by atoms with Crippen LogP contribution in [0.5, 0.6) is 0 Å². The van der Waals surface area contributed by atoms with Crippen LogP contribution >= 0.6 is 34.5 Å². The zero-order chi connectivity index (χ0) is 15.0. The first kappa shape index (κ1) is 14.2. The molecule has 0 saturated carbocycles. The van der Waals surface area contributed by atoms with Gasteiger partial charge < -0.3 is 4.74 Å². The number of hydrogen-bond acceptors (Lipinski definition) is 5. The molecule has 3 rings (SSSR count). The predicted molar refractivity (Wildman–Crippen MR) is 79.1 cm³/mol. The van der Waals surface area contributed by atoms with Gasteiger partial charge in [0.15, 0.2) is 10.2 Å². The van der Waals surface area contributed by atoms with Crippen molar-refractivity contribution >= 4 is 52.5 Å². The molecule has 4 nitrogen and oxygen atoms in total. The van der Waals surface area contributed by atoms with Crippen molar-refractivity contribution in [3.63, 3.8) is 0 Å². The van der Waals surface area contributed by atoms with Gasteiger partial charge in [-0.3, -0.25) is 0 Å². The Bertz CT molecular complexity index is 801. The zero-order valence-corrected chi connectivity index (χ0v) is 12.5. The molecule has 0 unspecified atom stereocenters. The number of cyclic esters (lactones) is 1. The minimum absolute atomic E-state index is 0.00969. The Morgan fingerprint density at radius 1 is 1.29 bits per heavy atom. The molecule has 0 radical (unpaired) electrons. The summed E-state index contributed by atoms with van der Waals surface area (Å²) in [5.74, 6) is -1.30. The normalized spacial score (nSPS) is 16.2. The van der Waals surface area contributed by atoms with Crippen molar-refractivity contribution in [1.29, 1.82) is 0 Å². The lowest BCUT2D eigenvalue weighted by Gasteiger charge is -1.99. The summed E-state index contributed by atoms with van der Waals surface area (Å²) in [6.07, 6.45) is 1.40. The van der Waals surface area contributed by atoms with Crippen LogP contribution in [0.1, 0.15) is 10.4 Å². The number of nitrogens with zero attached hydrogens (tertiary/aromatic N) is 2. The Morgan fingerprint density at radius 2 is 2.05 bits per heavy atom. The topological polar surface area (TPSA) is 51.5 Å². The monoisotopic (exact) mass is 342 g/mol. The van der Waals surface area contributed by atoms with Crippen LogP contribution in [0.3, 0.4) is 0 Å². The van der Waals surface area contributed by atoms with Gasteiger partial charge in [0.25, 0.3) is 0 Å². The van der Waals surface area contributed by atoms with Crippen LogP contribution in [-0.4, -0.2) is 16.9 Å². The van der Waals surface area contributed by atoms with Gasteiger partial charge in [-0.25, -0.2) is 19.2 Å². The third-order valence-corrected chi connectivity index (χ3v) is 4.08. The van der Waals surface area contributed by atoms with E-state index in [2.05, 4.69) is 9.98 Å². The molecule has 0 atom stereocenters. The highest BCUT2D eigenvalue weighted by atomic mass is 35.5. The summed E-state index contributed by atoms with van der Waals surface area (Å²) in [6, 6.07) is 5.89. The maximum absolute atomic E-state index is 13.7. The molecule has 1 aromatic carbocycles. The largest absolute Gasteiger partial charge is 0.402 e. The molecule has 0 bridgehead atoms. The Kier molecular flexibility index (Phi) is 3.75. The molecule has 0 saturated heterocycles. The molecule has 0 fully saturated rings. The lowest BCUT2D eigenvalue weighted by Crippen LogP contribution is -2.07. The highest BCUT2D eigenvalue weighted by Gasteiger charge is 2.26. The quantitative estimate of drug-likeness (QED) is 0.613. The van der Waals surface area contributed by atoms with Crippen LogP contribution in [0, 0.1) is 5.82 Å². The standard InChI is InChI=1S/C13H5Cl2FN2O2S/c14-10-9(21-13(15)18-10)5-8-12(19)20-11(17-8)6-3-1-2-4-7(6)16/h1-5H. The fourth-order valence-electron chi connectivity index (χ4n) is 1.66. The molecule has 106 valence electrons. The number of aliphatic imine (C=N–C) groups is 1. The number of halogens is 3. The minimum Gasteiger partial charge on any atom is -0.402 e. The smallest absolute Gasteiger partial charge is 0.363 e. The molecule has 0 amide bonds. The number of carbonyl (C=O) groups is 1. The lowest BCUT2D eigenvalue weighted by atomic mass is 10.2. The van der Waals surface area contributed by atoms with Crippen molar-refractivity contribution in [1.82, 2.24) is 4.98 Å². The van der Waals surface area contributed by atoms with E-state index in [9.17, 15) is 9.18 Å². The third kappa shape index (κ3) is 2.83. The maximum Gasteiger partial charge on any atom is 0.363 e. The van der Waals surface area contributed by atoms with Gasteiger partial charge in [-0.1, -0.05) is 35.3 Å². The first-order valence-electron chi connectivity index (χ1n) is 5.64. The van der Waals surface area contributed by atoms with Gasteiger partial charge >= 0.3 is 5.97 Å². The molecule has 8 heteroatoms. The average Bonchev–Trinajstić information content (AvgIpc) is 2.94. The fraction of sp³-hybridized carbons (Fsp3) is 0. The number of carbonyl (C=O) groups excluding carboxylic acids is 1. The number of aromatic nitrogens is 1. The van der Waals surface area contributed by atoms with Crippen molar-refractivity contribution in [3.05, 3.63) is 55.8 Å². The molecule has 1 aromatic heterocycles. The van der Waals surface area contributed by atoms with Gasteiger partial charge in [0.1, 0.15) is 11.0 Å². The molecular formula is C13H5Cl2FN2O2S. The highest BCUT2D eigenvalue weighted by molar-refractivity contribution is 7.17. The second-order valence-corrected chi connectivity index (χ2v) is 5.91. The van der Waals surface area contributed by atoms with E-state index in [1.807, 2.05) is 0 Å². The van der Waals surface area contributed by atoms with E-state index < -0.39 is 11.8 Å². The van der Waals surface area contributed by atoms with Crippen molar-refractivity contribution in [3.8, 4) is 0 Å². The van der Waals surface area contributed by atoms with E-state index in [1.54, 1.807) is 6.07 Å². The fourth-order valence-corrected chi connectivity index (χ4v) is 2.96. The van der Waals surface area contributed by atoms with Crippen LogP contribution in [0.4, 0.5) is 4.39 Å². The van der Waals surface area contributed by atoms with Crippen LogP contribution in [0.25, 0.3) is 6.08 Å². The summed E-state index contributed by atoms with van der Waals surface area (Å²) < 4.78 is 18.9. The summed E-state index contributed by atoms with van der Waals surface area (Å²) in [7, 11) is 0. The van der Waals surface area contributed by atoms with Crippen molar-refractivity contribution in [2.45, 2.75) is 0 Å². The van der Waals surface area contributed by atoms with Gasteiger partial charge in [-0.15, -0.1) is 11.3 Å². The number of rotatable bonds is 2. The highest BCUT2D eigenvalue weighted by Crippen LogP contribution is 2.30. The van der Waals surface area contributed by atoms with E-state index in [0.717, 1.165) is 11.3 Å². The van der Waals surface area contributed by atoms with E-state index in [4.69, 9.17) is 27.9 Å². The van der Waals surface area contributed by atoms with Crippen LogP contribution in [-0.2, 0) is 9.53 Å². The second-order valence-electron chi connectivity index (χ2n) is 3.94. The Hall–Kier alpha value is -1.76. The van der Waals surface area contributed by atoms with E-state index in [-0.39, 0.29) is 26.8 Å². The van der Waals surface area contributed by atoms with E-state index in [1.165, 1.54) is 24.3 Å². The minimum atomic E-state index is -0.686. The van der Waals surface area contributed by atoms with Crippen molar-refractivity contribution < 1.29 is 13.9 Å². The summed E-state index contributed by atoms with van der Waals surface area (Å²) in [4.78, 5) is 20.1. The molecule has 21 heavy (non-hydrogen) atoms. The van der Waals surface area contributed by atoms with Gasteiger partial charge in [-0.2, -0.15) is 0 Å². The number of ether oxygens (including phenoxy) is 1. The molecule has 0 aliphatic carbocycles. The van der Waals surface area contributed by atoms with Crippen LogP contribution < -0.4 is 0 Å². The van der Waals surface area contributed by atoms with Gasteiger partial charge in [0.2, 0.25) is 5.90 Å². The summed E-state index contributed by atoms with van der Waals surface area (Å²) in [5, 5.41) is 0.167. The molecule has 2 aromatic rings. The Morgan fingerprint density at radius 3 is 2.71 bits per heavy atom. The summed E-state index contributed by atoms with van der Waals surface area (Å²) >= 11 is 12.7. The molecule has 0 N–H and O–H groups in total. The SMILES string of the molecule is O=C1OC(c2ccccc2F)=NC1=Cc1sc(Cl)nc1Cl. The van der Waals surface area contributed by atoms with Gasteiger partial charge in [0.05, 0.1) is 10.4 Å². The van der Waals surface area contributed by atoms with Crippen molar-refractivity contribution in [2.75, 3.05) is 0 Å². The second kappa shape index (κ2) is 5.55. The average molecular weight is 343 g/mol. The Labute approximate surface area is 132 Å². The number of benzene rings is 1. The predicted octanol–water partition coefficient (Wildman–Crippen LogP) is 3.93. The first-order chi connectivity index (χ1) is 10.0. The van der Waals surface area contributed by atoms with Gasteiger partial charge in [-0.05, 0) is 18.2 Å². The van der Waals surface area contributed by atoms with Crippen LogP contribution in [0.15, 0.2) is 35.0 Å². The zero-order valence-electron chi connectivity index (χ0n) is 10.1. The molecule has 1 aliphatic rings. The van der Waals surface area contributed by atoms with Crippen LogP contribution in [0.2, 0.25) is 9.62 Å². The number of hydrogen-bond donors (Lipinski definition) is 0. The third-order valence-electron chi connectivity index (χ3n) is 2.58. The molecular weight excluding hydrogens is 338 g/mol. The molecule has 1 aliphatic heterocycles. The maximum atomic E-state index is 13.7. The van der Waals surface area contributed by atoms with Gasteiger partial charge in [0, 0.05) is 0 Å².